The second kappa shape index (κ2) is 4.82. The van der Waals surface area contributed by atoms with E-state index < -0.39 is 0 Å². The van der Waals surface area contributed by atoms with Crippen LogP contribution in [0.15, 0.2) is 30.9 Å². The van der Waals surface area contributed by atoms with Gasteiger partial charge in [-0.1, -0.05) is 18.7 Å². The minimum absolute atomic E-state index is 0.0388. The van der Waals surface area contributed by atoms with Gasteiger partial charge in [-0.2, -0.15) is 0 Å². The van der Waals surface area contributed by atoms with Gasteiger partial charge >= 0.3 is 0 Å². The fourth-order valence-corrected chi connectivity index (χ4v) is 1.83. The summed E-state index contributed by atoms with van der Waals surface area (Å²) in [7, 11) is 0. The normalized spacial score (nSPS) is 13.5. The maximum Gasteiger partial charge on any atom is 0.251 e. The third kappa shape index (κ3) is 2.53. The highest BCUT2D eigenvalue weighted by Gasteiger charge is 2.16. The monoisotopic (exact) mass is 230 g/mol. The minimum Gasteiger partial charge on any atom is -0.352 e. The van der Waals surface area contributed by atoms with E-state index in [0.29, 0.717) is 18.7 Å². The van der Waals surface area contributed by atoms with Crippen molar-refractivity contribution in [2.75, 3.05) is 6.54 Å². The highest BCUT2D eigenvalue weighted by molar-refractivity contribution is 5.96. The molecule has 0 saturated heterocycles. The van der Waals surface area contributed by atoms with Gasteiger partial charge in [-0.05, 0) is 29.7 Å². The molecule has 17 heavy (non-hydrogen) atoms. The van der Waals surface area contributed by atoms with Crippen molar-refractivity contribution >= 4 is 11.8 Å². The molecule has 0 aliphatic carbocycles. The highest BCUT2D eigenvalue weighted by atomic mass is 16.2. The van der Waals surface area contributed by atoms with Gasteiger partial charge in [0.1, 0.15) is 0 Å². The lowest BCUT2D eigenvalue weighted by Gasteiger charge is -2.17. The molecule has 2 rings (SSSR count). The van der Waals surface area contributed by atoms with E-state index in [1.54, 1.807) is 0 Å². The first-order valence-electron chi connectivity index (χ1n) is 5.51. The molecule has 1 aliphatic rings. The molecule has 0 unspecified atom stereocenters. The Morgan fingerprint density at radius 1 is 1.53 bits per heavy atom. The molecular formula is C13H14N2O2. The quantitative estimate of drug-likeness (QED) is 0.754. The van der Waals surface area contributed by atoms with Crippen LogP contribution in [-0.2, 0) is 17.8 Å². The summed E-state index contributed by atoms with van der Waals surface area (Å²) in [5.74, 6) is -0.254. The molecule has 4 heteroatoms. The van der Waals surface area contributed by atoms with Crippen LogP contribution in [0.4, 0.5) is 0 Å². The number of hydrogen-bond donors (Lipinski definition) is 2. The van der Waals surface area contributed by atoms with Crippen LogP contribution in [-0.4, -0.2) is 18.4 Å². The molecule has 0 radical (unpaired) electrons. The number of rotatable bonds is 3. The van der Waals surface area contributed by atoms with Crippen LogP contribution in [0.25, 0.3) is 0 Å². The van der Waals surface area contributed by atoms with Crippen molar-refractivity contribution in [3.63, 3.8) is 0 Å². The van der Waals surface area contributed by atoms with E-state index in [4.69, 9.17) is 0 Å². The van der Waals surface area contributed by atoms with Gasteiger partial charge in [0.05, 0.1) is 0 Å². The Kier molecular flexibility index (Phi) is 3.23. The molecule has 1 aromatic carbocycles. The van der Waals surface area contributed by atoms with Crippen LogP contribution in [0.1, 0.15) is 21.5 Å². The number of amides is 2. The Morgan fingerprint density at radius 2 is 2.35 bits per heavy atom. The molecule has 2 N–H and O–H groups in total. The van der Waals surface area contributed by atoms with Gasteiger partial charge in [0.2, 0.25) is 5.91 Å². The van der Waals surface area contributed by atoms with Crippen LogP contribution in [0.2, 0.25) is 0 Å². The summed E-state index contributed by atoms with van der Waals surface area (Å²) in [4.78, 5) is 22.6. The van der Waals surface area contributed by atoms with Crippen molar-refractivity contribution in [1.29, 1.82) is 0 Å². The Balaban J connectivity index is 2.15. The summed E-state index contributed by atoms with van der Waals surface area (Å²) in [6.07, 6.45) is 2.09. The Bertz CT molecular complexity index is 480. The topological polar surface area (TPSA) is 58.2 Å². The van der Waals surface area contributed by atoms with Gasteiger partial charge in [0, 0.05) is 18.7 Å². The summed E-state index contributed by atoms with van der Waals surface area (Å²) < 4.78 is 0. The van der Waals surface area contributed by atoms with Crippen LogP contribution in [0, 0.1) is 0 Å². The van der Waals surface area contributed by atoms with Crippen LogP contribution < -0.4 is 10.6 Å². The van der Waals surface area contributed by atoms with E-state index in [-0.39, 0.29) is 11.8 Å². The average Bonchev–Trinajstić information content (AvgIpc) is 2.36. The molecule has 0 aromatic heterocycles. The second-order valence-electron chi connectivity index (χ2n) is 3.92. The van der Waals surface area contributed by atoms with Gasteiger partial charge < -0.3 is 10.6 Å². The van der Waals surface area contributed by atoms with E-state index in [0.717, 1.165) is 17.5 Å². The molecule has 0 saturated carbocycles. The lowest BCUT2D eigenvalue weighted by Crippen LogP contribution is -2.32. The number of nitrogens with one attached hydrogen (secondary N) is 2. The van der Waals surface area contributed by atoms with E-state index in [1.165, 1.54) is 6.08 Å². The first-order chi connectivity index (χ1) is 8.20. The van der Waals surface area contributed by atoms with Crippen molar-refractivity contribution < 1.29 is 9.59 Å². The Hall–Kier alpha value is -2.10. The fraction of sp³-hybridized carbons (Fsp3) is 0.231. The standard InChI is InChI=1S/C13H14N2O2/c1-2-12(16)15-8-9-3-4-10-5-6-14-13(17)11(10)7-9/h2-4,7H,1,5-6,8H2,(H,14,17)(H,15,16). The smallest absolute Gasteiger partial charge is 0.251 e. The lowest BCUT2D eigenvalue weighted by molar-refractivity contribution is -0.116. The zero-order valence-electron chi connectivity index (χ0n) is 9.45. The van der Waals surface area contributed by atoms with E-state index >= 15 is 0 Å². The van der Waals surface area contributed by atoms with Crippen LogP contribution in [0.3, 0.4) is 0 Å². The van der Waals surface area contributed by atoms with Crippen molar-refractivity contribution in [2.45, 2.75) is 13.0 Å². The maximum atomic E-state index is 11.6. The van der Waals surface area contributed by atoms with Crippen LogP contribution >= 0.6 is 0 Å². The summed E-state index contributed by atoms with van der Waals surface area (Å²) in [5, 5.41) is 5.48. The van der Waals surface area contributed by atoms with Gasteiger partial charge in [-0.25, -0.2) is 0 Å². The minimum atomic E-state index is -0.216. The van der Waals surface area contributed by atoms with E-state index in [9.17, 15) is 9.59 Å². The van der Waals surface area contributed by atoms with Crippen molar-refractivity contribution in [2.24, 2.45) is 0 Å². The molecule has 0 atom stereocenters. The zero-order valence-corrected chi connectivity index (χ0v) is 9.45. The first-order valence-corrected chi connectivity index (χ1v) is 5.51. The number of benzene rings is 1. The Morgan fingerprint density at radius 3 is 3.12 bits per heavy atom. The molecule has 1 aliphatic heterocycles. The van der Waals surface area contributed by atoms with Crippen molar-refractivity contribution in [1.82, 2.24) is 10.6 Å². The Labute approximate surface area is 99.7 Å². The number of hydrogen-bond acceptors (Lipinski definition) is 2. The summed E-state index contributed by atoms with van der Waals surface area (Å²) in [6.45, 7) is 4.48. The van der Waals surface area contributed by atoms with E-state index in [2.05, 4.69) is 17.2 Å². The van der Waals surface area contributed by atoms with Crippen molar-refractivity contribution in [3.05, 3.63) is 47.5 Å². The predicted octanol–water partition coefficient (Wildman–Crippen LogP) is 0.775. The molecule has 0 fully saturated rings. The van der Waals surface area contributed by atoms with Gasteiger partial charge in [-0.3, -0.25) is 9.59 Å². The molecule has 88 valence electrons. The van der Waals surface area contributed by atoms with Gasteiger partial charge in [0.15, 0.2) is 0 Å². The summed E-state index contributed by atoms with van der Waals surface area (Å²) in [6, 6.07) is 5.71. The van der Waals surface area contributed by atoms with Gasteiger partial charge in [0.25, 0.3) is 5.91 Å². The third-order valence-corrected chi connectivity index (χ3v) is 2.75. The van der Waals surface area contributed by atoms with Crippen molar-refractivity contribution in [3.8, 4) is 0 Å². The predicted molar refractivity (Wildman–Crippen MR) is 64.5 cm³/mol. The van der Waals surface area contributed by atoms with E-state index in [1.807, 2.05) is 18.2 Å². The summed E-state index contributed by atoms with van der Waals surface area (Å²) in [5.41, 5.74) is 2.69. The second-order valence-corrected chi connectivity index (χ2v) is 3.92. The molecule has 0 spiro atoms. The molecule has 0 bridgehead atoms. The van der Waals surface area contributed by atoms with Crippen LogP contribution in [0.5, 0.6) is 0 Å². The largest absolute Gasteiger partial charge is 0.352 e. The lowest BCUT2D eigenvalue weighted by atomic mass is 9.98. The number of carbonyl (C=O) groups is 2. The third-order valence-electron chi connectivity index (χ3n) is 2.75. The molecule has 2 amide bonds. The zero-order chi connectivity index (χ0) is 12.3. The SMILES string of the molecule is C=CC(=O)NCc1ccc2c(c1)C(=O)NCC2. The molecule has 4 nitrogen and oxygen atoms in total. The molecule has 1 heterocycles. The number of carbonyl (C=O) groups excluding carboxylic acids is 2. The number of fused-ring (bicyclic) bond motifs is 1. The van der Waals surface area contributed by atoms with Gasteiger partial charge in [-0.15, -0.1) is 0 Å². The maximum absolute atomic E-state index is 11.6. The average molecular weight is 230 g/mol. The summed E-state index contributed by atoms with van der Waals surface area (Å²) >= 11 is 0. The fourth-order valence-electron chi connectivity index (χ4n) is 1.83. The first kappa shape index (κ1) is 11.4. The highest BCUT2D eigenvalue weighted by Crippen LogP contribution is 2.15. The molecule has 1 aromatic rings. The molecular weight excluding hydrogens is 216 g/mol.